The van der Waals surface area contributed by atoms with E-state index in [2.05, 4.69) is 20.1 Å². The number of benzene rings is 1. The second-order valence-electron chi connectivity index (χ2n) is 8.05. The van der Waals surface area contributed by atoms with Crippen LogP contribution >= 0.6 is 11.9 Å². The fourth-order valence-electron chi connectivity index (χ4n) is 3.88. The van der Waals surface area contributed by atoms with E-state index in [0.717, 1.165) is 23.1 Å². The maximum absolute atomic E-state index is 13.8. The predicted octanol–water partition coefficient (Wildman–Crippen LogP) is 4.53. The van der Waals surface area contributed by atoms with E-state index in [9.17, 15) is 14.0 Å². The third-order valence-corrected chi connectivity index (χ3v) is 5.86. The Labute approximate surface area is 199 Å². The molecule has 10 heteroatoms. The van der Waals surface area contributed by atoms with Crippen molar-refractivity contribution in [1.29, 1.82) is 0 Å². The minimum absolute atomic E-state index is 0.0634. The Morgan fingerprint density at radius 2 is 2.03 bits per heavy atom. The van der Waals surface area contributed by atoms with Crippen LogP contribution in [0.4, 0.5) is 10.1 Å². The summed E-state index contributed by atoms with van der Waals surface area (Å²) < 4.78 is 24.3. The molecule has 4 rings (SSSR count). The molecule has 34 heavy (non-hydrogen) atoms. The summed E-state index contributed by atoms with van der Waals surface area (Å²) >= 11 is 1.10. The van der Waals surface area contributed by atoms with Gasteiger partial charge >= 0.3 is 0 Å². The maximum Gasteiger partial charge on any atom is 0.281 e. The van der Waals surface area contributed by atoms with E-state index < -0.39 is 17.9 Å². The van der Waals surface area contributed by atoms with Crippen molar-refractivity contribution in [2.45, 2.75) is 26.8 Å². The van der Waals surface area contributed by atoms with Gasteiger partial charge in [0.2, 0.25) is 5.95 Å². The molecule has 0 spiro atoms. The van der Waals surface area contributed by atoms with Crippen molar-refractivity contribution < 1.29 is 13.6 Å². The van der Waals surface area contributed by atoms with Crippen molar-refractivity contribution in [1.82, 2.24) is 19.5 Å². The number of halogens is 1. The van der Waals surface area contributed by atoms with Crippen LogP contribution in [-0.4, -0.2) is 26.9 Å². The van der Waals surface area contributed by atoms with Crippen molar-refractivity contribution >= 4 is 34.5 Å². The number of nitrogens with one attached hydrogen (secondary N) is 2. The molecule has 3 heterocycles. The minimum Gasteiger partial charge on any atom is -0.455 e. The van der Waals surface area contributed by atoms with Gasteiger partial charge in [-0.3, -0.25) is 19.0 Å². The van der Waals surface area contributed by atoms with E-state index >= 15 is 0 Å². The number of amides is 1. The molecular weight excluding hydrogens is 457 g/mol. The molecule has 0 saturated carbocycles. The Kier molecular flexibility index (Phi) is 6.43. The normalized spacial score (nSPS) is 12.1. The number of rotatable bonds is 6. The number of hydrogen-bond acceptors (Lipinski definition) is 7. The number of carbonyl (C=O) groups excluding carboxylic acids is 1. The molecule has 0 bridgehead atoms. The van der Waals surface area contributed by atoms with Crippen molar-refractivity contribution in [3.63, 3.8) is 0 Å². The maximum atomic E-state index is 13.8. The molecule has 1 amide bonds. The molecule has 2 N–H and O–H groups in total. The lowest BCUT2D eigenvalue weighted by molar-refractivity contribution is 0.0979. The van der Waals surface area contributed by atoms with Crippen LogP contribution in [-0.2, 0) is 7.05 Å². The zero-order chi connectivity index (χ0) is 24.6. The molecule has 176 valence electrons. The molecule has 0 radical (unpaired) electrons. The van der Waals surface area contributed by atoms with E-state index in [-0.39, 0.29) is 11.1 Å². The van der Waals surface area contributed by atoms with Gasteiger partial charge < -0.3 is 9.73 Å². The summed E-state index contributed by atoms with van der Waals surface area (Å²) in [6.07, 6.45) is 5.12. The number of aryl methyl sites for hydroxylation is 2. The van der Waals surface area contributed by atoms with Gasteiger partial charge in [-0.15, -0.1) is 0 Å². The van der Waals surface area contributed by atoms with Crippen LogP contribution in [0.15, 0.2) is 45.9 Å². The fraction of sp³-hybridized carbons (Fsp3) is 0.250. The Bertz CT molecular complexity index is 1460. The van der Waals surface area contributed by atoms with E-state index in [4.69, 9.17) is 4.42 Å². The number of hydrogen-bond donors (Lipinski definition) is 2. The largest absolute Gasteiger partial charge is 0.455 e. The Morgan fingerprint density at radius 1 is 1.26 bits per heavy atom. The summed E-state index contributed by atoms with van der Waals surface area (Å²) in [4.78, 5) is 29.4. The van der Waals surface area contributed by atoms with Crippen LogP contribution in [0.1, 0.15) is 40.1 Å². The van der Waals surface area contributed by atoms with E-state index in [0.29, 0.717) is 33.5 Å². The highest BCUT2D eigenvalue weighted by Gasteiger charge is 2.21. The van der Waals surface area contributed by atoms with Crippen LogP contribution in [0.3, 0.4) is 0 Å². The molecule has 8 nitrogen and oxygen atoms in total. The van der Waals surface area contributed by atoms with E-state index in [1.165, 1.54) is 12.1 Å². The Balaban J connectivity index is 1.84. The average molecular weight is 482 g/mol. The molecular formula is C24H24FN5O3S. The highest BCUT2D eigenvalue weighted by molar-refractivity contribution is 7.97. The number of carbonyl (C=O) groups is 1. The van der Waals surface area contributed by atoms with Gasteiger partial charge in [-0.2, -0.15) is 9.49 Å². The first kappa shape index (κ1) is 23.5. The van der Waals surface area contributed by atoms with Gasteiger partial charge in [0.15, 0.2) is 11.1 Å². The van der Waals surface area contributed by atoms with Gasteiger partial charge in [-0.25, -0.2) is 4.98 Å². The number of pyridine rings is 1. The quantitative estimate of drug-likeness (QED) is 0.308. The Hall–Kier alpha value is -3.66. The third-order valence-electron chi connectivity index (χ3n) is 5.47. The summed E-state index contributed by atoms with van der Waals surface area (Å²) in [6.45, 7) is 5.51. The van der Waals surface area contributed by atoms with Gasteiger partial charge in [0.25, 0.3) is 5.91 Å². The van der Waals surface area contributed by atoms with E-state index in [1.54, 1.807) is 43.4 Å². The summed E-state index contributed by atoms with van der Waals surface area (Å²) in [7, 11) is 1.79. The molecule has 0 saturated heterocycles. The van der Waals surface area contributed by atoms with Crippen LogP contribution in [0.2, 0.25) is 0 Å². The molecule has 1 atom stereocenters. The molecule has 0 aliphatic rings. The molecule has 1 unspecified atom stereocenters. The zero-order valence-corrected chi connectivity index (χ0v) is 20.2. The van der Waals surface area contributed by atoms with Gasteiger partial charge in [0, 0.05) is 30.6 Å². The van der Waals surface area contributed by atoms with Gasteiger partial charge in [-0.1, -0.05) is 18.0 Å². The standard InChI is InChI=1S/C24H24FN5O3S/c1-12-8-16(14(3)27-18-6-7-19(25)28-20(18)24(32)29-34-5)23-17(9-12)21(31)13(2)22(33-23)15-10-26-30(4)11-15/h6-11,14,27H,1-5H3,(H,29,32). The third kappa shape index (κ3) is 4.41. The number of nitrogens with zero attached hydrogens (tertiary/aromatic N) is 3. The van der Waals surface area contributed by atoms with Crippen LogP contribution < -0.4 is 15.5 Å². The fourth-order valence-corrected chi connectivity index (χ4v) is 4.16. The summed E-state index contributed by atoms with van der Waals surface area (Å²) in [5.74, 6) is -0.823. The number of anilines is 1. The van der Waals surface area contributed by atoms with Crippen molar-refractivity contribution in [2.75, 3.05) is 11.6 Å². The summed E-state index contributed by atoms with van der Waals surface area (Å²) in [5.41, 5.74) is 3.41. The Morgan fingerprint density at radius 3 is 2.71 bits per heavy atom. The van der Waals surface area contributed by atoms with Gasteiger partial charge in [0.05, 0.1) is 28.9 Å². The minimum atomic E-state index is -0.756. The zero-order valence-electron chi connectivity index (χ0n) is 19.4. The predicted molar refractivity (Wildman–Crippen MR) is 131 cm³/mol. The molecule has 0 aliphatic carbocycles. The van der Waals surface area contributed by atoms with Crippen LogP contribution in [0.25, 0.3) is 22.3 Å². The molecule has 0 fully saturated rings. The smallest absolute Gasteiger partial charge is 0.281 e. The average Bonchev–Trinajstić information content (AvgIpc) is 3.23. The highest BCUT2D eigenvalue weighted by Crippen LogP contribution is 2.32. The lowest BCUT2D eigenvalue weighted by Gasteiger charge is -2.20. The van der Waals surface area contributed by atoms with Gasteiger partial charge in [0.1, 0.15) is 11.3 Å². The highest BCUT2D eigenvalue weighted by atomic mass is 32.2. The van der Waals surface area contributed by atoms with Crippen LogP contribution in [0.5, 0.6) is 0 Å². The molecule has 0 aliphatic heterocycles. The van der Waals surface area contributed by atoms with Crippen LogP contribution in [0, 0.1) is 19.8 Å². The lowest BCUT2D eigenvalue weighted by atomic mass is 9.99. The summed E-state index contributed by atoms with van der Waals surface area (Å²) in [5, 5.41) is 7.88. The first-order valence-corrected chi connectivity index (χ1v) is 11.8. The monoisotopic (exact) mass is 481 g/mol. The van der Waals surface area contributed by atoms with Gasteiger partial charge in [-0.05, 0) is 44.5 Å². The van der Waals surface area contributed by atoms with Crippen molar-refractivity contribution in [3.05, 3.63) is 75.2 Å². The first-order chi connectivity index (χ1) is 16.2. The first-order valence-electron chi connectivity index (χ1n) is 10.5. The number of fused-ring (bicyclic) bond motifs is 1. The number of aromatic nitrogens is 3. The lowest BCUT2D eigenvalue weighted by Crippen LogP contribution is -2.21. The topological polar surface area (TPSA) is 102 Å². The molecule has 3 aromatic heterocycles. The molecule has 4 aromatic rings. The van der Waals surface area contributed by atoms with Crippen molar-refractivity contribution in [2.24, 2.45) is 7.05 Å². The van der Waals surface area contributed by atoms with Crippen molar-refractivity contribution in [3.8, 4) is 11.3 Å². The summed E-state index contributed by atoms with van der Waals surface area (Å²) in [6, 6.07) is 5.97. The molecule has 1 aromatic carbocycles. The van der Waals surface area contributed by atoms with E-state index in [1.807, 2.05) is 19.9 Å². The SMILES string of the molecule is CSNC(=O)c1nc(F)ccc1NC(C)c1cc(C)cc2c(=O)c(C)c(-c3cnn(C)c3)oc12. The second-order valence-corrected chi connectivity index (χ2v) is 8.66. The second kappa shape index (κ2) is 9.30.